The van der Waals surface area contributed by atoms with Crippen molar-refractivity contribution in [1.82, 2.24) is 15.1 Å². The van der Waals surface area contributed by atoms with Gasteiger partial charge in [0.1, 0.15) is 5.82 Å². The maximum Gasteiger partial charge on any atom is 0.253 e. The molecule has 0 radical (unpaired) electrons. The lowest BCUT2D eigenvalue weighted by Gasteiger charge is -2.34. The first-order valence-electron chi connectivity index (χ1n) is 8.70. The molecule has 0 aromatic heterocycles. The Hall–Kier alpha value is -2.73. The zero-order valence-corrected chi connectivity index (χ0v) is 14.5. The van der Waals surface area contributed by atoms with Gasteiger partial charge in [-0.25, -0.2) is 4.39 Å². The third kappa shape index (κ3) is 4.67. The lowest BCUT2D eigenvalue weighted by molar-refractivity contribution is -0.122. The minimum absolute atomic E-state index is 0.0225. The van der Waals surface area contributed by atoms with Gasteiger partial charge < -0.3 is 10.2 Å². The second kappa shape index (κ2) is 8.58. The van der Waals surface area contributed by atoms with Crippen LogP contribution in [0.3, 0.4) is 0 Å². The second-order valence-electron chi connectivity index (χ2n) is 6.30. The summed E-state index contributed by atoms with van der Waals surface area (Å²) in [5.74, 6) is -0.439. The fraction of sp³-hybridized carbons (Fsp3) is 0.300. The van der Waals surface area contributed by atoms with Crippen LogP contribution in [0.25, 0.3) is 0 Å². The number of benzene rings is 2. The van der Waals surface area contributed by atoms with Gasteiger partial charge in [-0.1, -0.05) is 36.4 Å². The maximum atomic E-state index is 13.6. The Bertz CT molecular complexity index is 759. The molecule has 1 heterocycles. The number of carbonyl (C=O) groups is 2. The molecule has 2 amide bonds. The molecule has 26 heavy (non-hydrogen) atoms. The summed E-state index contributed by atoms with van der Waals surface area (Å²) in [7, 11) is 0. The van der Waals surface area contributed by atoms with Crippen molar-refractivity contribution < 1.29 is 14.0 Å². The summed E-state index contributed by atoms with van der Waals surface area (Å²) in [4.78, 5) is 28.3. The summed E-state index contributed by atoms with van der Waals surface area (Å²) in [6, 6.07) is 15.6. The molecule has 2 aromatic carbocycles. The van der Waals surface area contributed by atoms with E-state index in [0.717, 1.165) is 0 Å². The van der Waals surface area contributed by atoms with Crippen LogP contribution in [0.15, 0.2) is 54.6 Å². The van der Waals surface area contributed by atoms with E-state index in [1.54, 1.807) is 18.2 Å². The first-order valence-corrected chi connectivity index (χ1v) is 8.70. The minimum atomic E-state index is -0.319. The molecule has 1 saturated heterocycles. The summed E-state index contributed by atoms with van der Waals surface area (Å²) in [5.41, 5.74) is 1.16. The van der Waals surface area contributed by atoms with Crippen LogP contribution in [0.1, 0.15) is 15.9 Å². The molecule has 0 bridgehead atoms. The minimum Gasteiger partial charge on any atom is -0.351 e. The number of carbonyl (C=O) groups excluding carboxylic acids is 2. The van der Waals surface area contributed by atoms with Crippen molar-refractivity contribution in [2.24, 2.45) is 0 Å². The van der Waals surface area contributed by atoms with Crippen molar-refractivity contribution in [2.75, 3.05) is 32.7 Å². The highest BCUT2D eigenvalue weighted by Crippen LogP contribution is 2.09. The number of hydrogen-bond acceptors (Lipinski definition) is 3. The van der Waals surface area contributed by atoms with Gasteiger partial charge in [0, 0.05) is 43.9 Å². The molecular weight excluding hydrogens is 333 g/mol. The summed E-state index contributed by atoms with van der Waals surface area (Å²) in [5, 5.41) is 2.75. The van der Waals surface area contributed by atoms with Gasteiger partial charge in [0.2, 0.25) is 5.91 Å². The van der Waals surface area contributed by atoms with Gasteiger partial charge in [-0.2, -0.15) is 0 Å². The first-order chi connectivity index (χ1) is 12.6. The molecule has 0 spiro atoms. The van der Waals surface area contributed by atoms with E-state index in [9.17, 15) is 14.0 Å². The topological polar surface area (TPSA) is 52.7 Å². The molecule has 0 aliphatic carbocycles. The number of nitrogens with zero attached hydrogens (tertiary/aromatic N) is 2. The van der Waals surface area contributed by atoms with E-state index in [0.29, 0.717) is 37.3 Å². The number of rotatable bonds is 5. The maximum absolute atomic E-state index is 13.6. The normalized spacial score (nSPS) is 14.9. The van der Waals surface area contributed by atoms with Crippen LogP contribution in [0, 0.1) is 5.82 Å². The van der Waals surface area contributed by atoms with E-state index in [1.165, 1.54) is 6.07 Å². The summed E-state index contributed by atoms with van der Waals surface area (Å²) in [6.45, 7) is 2.90. The largest absolute Gasteiger partial charge is 0.351 e. The van der Waals surface area contributed by atoms with Crippen LogP contribution in [-0.2, 0) is 11.3 Å². The molecule has 0 unspecified atom stereocenters. The Labute approximate surface area is 152 Å². The van der Waals surface area contributed by atoms with Gasteiger partial charge in [0.15, 0.2) is 0 Å². The van der Waals surface area contributed by atoms with Crippen molar-refractivity contribution in [3.8, 4) is 0 Å². The van der Waals surface area contributed by atoms with E-state index in [1.807, 2.05) is 40.1 Å². The quantitative estimate of drug-likeness (QED) is 0.891. The SMILES string of the molecule is O=C(CN1CCN(C(=O)c2ccccc2)CC1)NCc1ccccc1F. The van der Waals surface area contributed by atoms with Gasteiger partial charge in [-0.05, 0) is 18.2 Å². The number of hydrogen-bond donors (Lipinski definition) is 1. The number of halogens is 1. The second-order valence-corrected chi connectivity index (χ2v) is 6.30. The highest BCUT2D eigenvalue weighted by molar-refractivity contribution is 5.94. The molecule has 5 nitrogen and oxygen atoms in total. The van der Waals surface area contributed by atoms with Crippen molar-refractivity contribution in [3.63, 3.8) is 0 Å². The van der Waals surface area contributed by atoms with Crippen molar-refractivity contribution in [3.05, 3.63) is 71.5 Å². The first kappa shape index (κ1) is 18.1. The lowest BCUT2D eigenvalue weighted by atomic mass is 10.2. The van der Waals surface area contributed by atoms with Crippen LogP contribution >= 0.6 is 0 Å². The Morgan fingerprint density at radius 3 is 2.27 bits per heavy atom. The number of piperazine rings is 1. The lowest BCUT2D eigenvalue weighted by Crippen LogP contribution is -2.51. The fourth-order valence-electron chi connectivity index (χ4n) is 2.97. The molecule has 0 saturated carbocycles. The predicted molar refractivity (Wildman–Crippen MR) is 97.0 cm³/mol. The summed E-state index contributed by atoms with van der Waals surface area (Å²) in [6.07, 6.45) is 0. The van der Waals surface area contributed by atoms with E-state index in [4.69, 9.17) is 0 Å². The summed E-state index contributed by atoms with van der Waals surface area (Å²) < 4.78 is 13.6. The monoisotopic (exact) mass is 355 g/mol. The van der Waals surface area contributed by atoms with Crippen LogP contribution < -0.4 is 5.32 Å². The molecule has 1 aliphatic rings. The molecule has 1 aliphatic heterocycles. The van der Waals surface area contributed by atoms with Gasteiger partial charge in [-0.3, -0.25) is 14.5 Å². The van der Waals surface area contributed by atoms with Crippen molar-refractivity contribution in [1.29, 1.82) is 0 Å². The molecule has 1 N–H and O–H groups in total. The number of amides is 2. The van der Waals surface area contributed by atoms with Crippen molar-refractivity contribution in [2.45, 2.75) is 6.54 Å². The molecule has 3 rings (SSSR count). The smallest absolute Gasteiger partial charge is 0.253 e. The van der Waals surface area contributed by atoms with Gasteiger partial charge in [0.05, 0.1) is 6.54 Å². The number of nitrogens with one attached hydrogen (secondary N) is 1. The Kier molecular flexibility index (Phi) is 5.96. The third-order valence-electron chi connectivity index (χ3n) is 4.48. The average Bonchev–Trinajstić information content (AvgIpc) is 2.68. The zero-order chi connectivity index (χ0) is 18.4. The van der Waals surface area contributed by atoms with Crippen LogP contribution in [0.4, 0.5) is 4.39 Å². The molecule has 6 heteroatoms. The van der Waals surface area contributed by atoms with E-state index >= 15 is 0 Å². The van der Waals surface area contributed by atoms with Crippen LogP contribution in [-0.4, -0.2) is 54.3 Å². The van der Waals surface area contributed by atoms with Crippen LogP contribution in [0.5, 0.6) is 0 Å². The Morgan fingerprint density at radius 1 is 0.923 bits per heavy atom. The van der Waals surface area contributed by atoms with E-state index in [-0.39, 0.29) is 30.7 Å². The molecule has 136 valence electrons. The van der Waals surface area contributed by atoms with Gasteiger partial charge in [-0.15, -0.1) is 0 Å². The Morgan fingerprint density at radius 2 is 1.58 bits per heavy atom. The predicted octanol–water partition coefficient (Wildman–Crippen LogP) is 1.90. The molecular formula is C20H22FN3O2. The molecule has 0 atom stereocenters. The fourth-order valence-corrected chi connectivity index (χ4v) is 2.97. The third-order valence-corrected chi connectivity index (χ3v) is 4.48. The highest BCUT2D eigenvalue weighted by atomic mass is 19.1. The van der Waals surface area contributed by atoms with Gasteiger partial charge in [0.25, 0.3) is 5.91 Å². The molecule has 1 fully saturated rings. The standard InChI is InChI=1S/C20H22FN3O2/c21-18-9-5-4-8-17(18)14-22-19(25)15-23-10-12-24(13-11-23)20(26)16-6-2-1-3-7-16/h1-9H,10-15H2,(H,22,25). The van der Waals surface area contributed by atoms with E-state index in [2.05, 4.69) is 5.32 Å². The zero-order valence-electron chi connectivity index (χ0n) is 14.5. The highest BCUT2D eigenvalue weighted by Gasteiger charge is 2.23. The van der Waals surface area contributed by atoms with Crippen LogP contribution in [0.2, 0.25) is 0 Å². The Balaban J connectivity index is 1.43. The van der Waals surface area contributed by atoms with Crippen molar-refractivity contribution >= 4 is 11.8 Å². The molecule has 2 aromatic rings. The van der Waals surface area contributed by atoms with Gasteiger partial charge >= 0.3 is 0 Å². The van der Waals surface area contributed by atoms with E-state index < -0.39 is 0 Å². The average molecular weight is 355 g/mol. The summed E-state index contributed by atoms with van der Waals surface area (Å²) >= 11 is 0.